The Kier molecular flexibility index (Phi) is 7.68. The van der Waals surface area contributed by atoms with Crippen LogP contribution < -0.4 is 20.1 Å². The van der Waals surface area contributed by atoms with Crippen LogP contribution in [0.5, 0.6) is 11.5 Å². The number of nitrogens with zero attached hydrogens (tertiary/aromatic N) is 1. The smallest absolute Gasteiger partial charge is 0.191 e. The number of aliphatic imine (C=N–C) groups is 1. The van der Waals surface area contributed by atoms with Gasteiger partial charge in [0.25, 0.3) is 0 Å². The van der Waals surface area contributed by atoms with Crippen LogP contribution in [0.4, 0.5) is 0 Å². The van der Waals surface area contributed by atoms with Crippen LogP contribution in [0.2, 0.25) is 0 Å². The van der Waals surface area contributed by atoms with E-state index in [-0.39, 0.29) is 0 Å². The fraction of sp³-hybridized carbons (Fsp3) is 0.611. The topological polar surface area (TPSA) is 64.1 Å². The molecule has 0 radical (unpaired) electrons. The lowest BCUT2D eigenvalue weighted by Gasteiger charge is -2.17. The van der Waals surface area contributed by atoms with Crippen LogP contribution in [-0.4, -0.2) is 46.5 Å². The molecule has 1 saturated carbocycles. The molecule has 6 nitrogen and oxygen atoms in total. The van der Waals surface area contributed by atoms with Gasteiger partial charge < -0.3 is 24.8 Å². The van der Waals surface area contributed by atoms with Gasteiger partial charge in [-0.25, -0.2) is 0 Å². The summed E-state index contributed by atoms with van der Waals surface area (Å²) in [5.74, 6) is 2.36. The van der Waals surface area contributed by atoms with Gasteiger partial charge in [0.1, 0.15) is 0 Å². The highest BCUT2D eigenvalue weighted by Gasteiger charge is 2.18. The predicted octanol–water partition coefficient (Wildman–Crippen LogP) is 2.33. The second-order valence-electron chi connectivity index (χ2n) is 5.85. The van der Waals surface area contributed by atoms with Crippen molar-refractivity contribution in [3.63, 3.8) is 0 Å². The minimum Gasteiger partial charge on any atom is -0.493 e. The van der Waals surface area contributed by atoms with Crippen molar-refractivity contribution < 1.29 is 14.2 Å². The van der Waals surface area contributed by atoms with Crippen molar-refractivity contribution >= 4 is 5.96 Å². The number of rotatable bonds is 8. The van der Waals surface area contributed by atoms with Crippen LogP contribution in [-0.2, 0) is 11.3 Å². The molecule has 0 aromatic heterocycles. The van der Waals surface area contributed by atoms with Crippen molar-refractivity contribution in [1.82, 2.24) is 10.6 Å². The van der Waals surface area contributed by atoms with Crippen LogP contribution in [0.1, 0.15) is 31.2 Å². The minimum atomic E-state index is 0.326. The molecule has 6 heteroatoms. The summed E-state index contributed by atoms with van der Waals surface area (Å²) in [6.07, 6.45) is 5.10. The summed E-state index contributed by atoms with van der Waals surface area (Å²) in [6, 6.07) is 6.07. The Balaban J connectivity index is 1.90. The third kappa shape index (κ3) is 5.60. The molecule has 24 heavy (non-hydrogen) atoms. The highest BCUT2D eigenvalue weighted by Crippen LogP contribution is 2.32. The molecule has 0 saturated heterocycles. The average molecular weight is 335 g/mol. The first-order chi connectivity index (χ1) is 11.8. The largest absolute Gasteiger partial charge is 0.493 e. The molecule has 0 heterocycles. The lowest BCUT2D eigenvalue weighted by Crippen LogP contribution is -2.38. The van der Waals surface area contributed by atoms with Gasteiger partial charge in [-0.15, -0.1) is 0 Å². The summed E-state index contributed by atoms with van der Waals surface area (Å²) in [5.41, 5.74) is 1.11. The van der Waals surface area contributed by atoms with Crippen LogP contribution >= 0.6 is 0 Å². The zero-order valence-electron chi connectivity index (χ0n) is 14.9. The lowest BCUT2D eigenvalue weighted by molar-refractivity contribution is 0.200. The number of methoxy groups -OCH3 is 2. The zero-order valence-corrected chi connectivity index (χ0v) is 14.9. The maximum absolute atomic E-state index is 6.07. The van der Waals surface area contributed by atoms with E-state index in [9.17, 15) is 0 Å². The summed E-state index contributed by atoms with van der Waals surface area (Å²) in [4.78, 5) is 4.19. The minimum absolute atomic E-state index is 0.326. The fourth-order valence-corrected chi connectivity index (χ4v) is 2.78. The maximum Gasteiger partial charge on any atom is 0.191 e. The van der Waals surface area contributed by atoms with E-state index >= 15 is 0 Å². The number of guanidine groups is 1. The number of nitrogens with one attached hydrogen (secondary N) is 2. The van der Waals surface area contributed by atoms with E-state index in [0.717, 1.165) is 35.9 Å². The molecule has 0 spiro atoms. The molecule has 134 valence electrons. The highest BCUT2D eigenvalue weighted by atomic mass is 16.5. The molecule has 1 fully saturated rings. The van der Waals surface area contributed by atoms with Crippen molar-refractivity contribution in [3.05, 3.63) is 23.8 Å². The van der Waals surface area contributed by atoms with Crippen molar-refractivity contribution in [2.45, 2.75) is 38.3 Å². The third-order valence-electron chi connectivity index (χ3n) is 4.11. The van der Waals surface area contributed by atoms with E-state index < -0.39 is 0 Å². The molecule has 2 N–H and O–H groups in total. The van der Waals surface area contributed by atoms with Gasteiger partial charge in [-0.3, -0.25) is 4.99 Å². The Morgan fingerprint density at radius 3 is 2.62 bits per heavy atom. The molecule has 0 aliphatic heterocycles. The number of ether oxygens (including phenoxy) is 3. The normalized spacial score (nSPS) is 15.4. The van der Waals surface area contributed by atoms with Gasteiger partial charge in [-0.1, -0.05) is 6.07 Å². The van der Waals surface area contributed by atoms with E-state index in [2.05, 4.69) is 21.7 Å². The molecule has 1 aromatic carbocycles. The van der Waals surface area contributed by atoms with E-state index in [1.807, 2.05) is 12.1 Å². The van der Waals surface area contributed by atoms with Crippen LogP contribution in [0.15, 0.2) is 23.2 Å². The van der Waals surface area contributed by atoms with Gasteiger partial charge in [0.05, 0.1) is 19.8 Å². The maximum atomic E-state index is 6.07. The molecule has 1 aliphatic carbocycles. The Hall–Kier alpha value is -1.95. The monoisotopic (exact) mass is 335 g/mol. The lowest BCUT2D eigenvalue weighted by atomic mass is 10.2. The fourth-order valence-electron chi connectivity index (χ4n) is 2.78. The molecule has 0 atom stereocenters. The standard InChI is InChI=1S/C18H29N3O3/c1-19-18(20-10-11-22-2)21-13-14-8-9-16(17(12-14)23-3)24-15-6-4-5-7-15/h8-9,12,15H,4-7,10-11,13H2,1-3H3,(H2,19,20,21). The number of hydrogen-bond acceptors (Lipinski definition) is 4. The Morgan fingerprint density at radius 2 is 1.96 bits per heavy atom. The quantitative estimate of drug-likeness (QED) is 0.434. The summed E-state index contributed by atoms with van der Waals surface area (Å²) >= 11 is 0. The van der Waals surface area contributed by atoms with Crippen molar-refractivity contribution in [3.8, 4) is 11.5 Å². The summed E-state index contributed by atoms with van der Waals surface area (Å²) in [5, 5.41) is 6.46. The van der Waals surface area contributed by atoms with Gasteiger partial charge in [-0.05, 0) is 43.4 Å². The van der Waals surface area contributed by atoms with Crippen molar-refractivity contribution in [2.75, 3.05) is 34.4 Å². The molecular formula is C18H29N3O3. The number of hydrogen-bond donors (Lipinski definition) is 2. The first kappa shape index (κ1) is 18.4. The average Bonchev–Trinajstić information content (AvgIpc) is 3.12. The molecule has 0 unspecified atom stereocenters. The number of benzene rings is 1. The molecule has 2 rings (SSSR count). The van der Waals surface area contributed by atoms with E-state index in [0.29, 0.717) is 25.8 Å². The zero-order chi connectivity index (χ0) is 17.2. The third-order valence-corrected chi connectivity index (χ3v) is 4.11. The SMILES string of the molecule is CN=C(NCCOC)NCc1ccc(OC2CCCC2)c(OC)c1. The highest BCUT2D eigenvalue weighted by molar-refractivity contribution is 5.79. The second kappa shape index (κ2) is 10.0. The predicted molar refractivity (Wildman–Crippen MR) is 96.0 cm³/mol. The van der Waals surface area contributed by atoms with Crippen molar-refractivity contribution in [1.29, 1.82) is 0 Å². The first-order valence-electron chi connectivity index (χ1n) is 8.54. The Bertz CT molecular complexity index is 528. The Morgan fingerprint density at radius 1 is 1.17 bits per heavy atom. The van der Waals surface area contributed by atoms with E-state index in [1.54, 1.807) is 21.3 Å². The molecule has 1 aliphatic rings. The molecular weight excluding hydrogens is 306 g/mol. The Labute approximate surface area is 144 Å². The summed E-state index contributed by atoms with van der Waals surface area (Å²) in [7, 11) is 5.11. The van der Waals surface area contributed by atoms with Crippen LogP contribution in [0.3, 0.4) is 0 Å². The van der Waals surface area contributed by atoms with Crippen LogP contribution in [0, 0.1) is 0 Å². The van der Waals surface area contributed by atoms with Gasteiger partial charge in [0, 0.05) is 27.2 Å². The molecule has 0 amide bonds. The first-order valence-corrected chi connectivity index (χ1v) is 8.54. The van der Waals surface area contributed by atoms with Gasteiger partial charge in [0.15, 0.2) is 17.5 Å². The van der Waals surface area contributed by atoms with E-state index in [4.69, 9.17) is 14.2 Å². The summed E-state index contributed by atoms with van der Waals surface area (Å²) < 4.78 is 16.6. The van der Waals surface area contributed by atoms with Crippen molar-refractivity contribution in [2.24, 2.45) is 4.99 Å². The van der Waals surface area contributed by atoms with Crippen LogP contribution in [0.25, 0.3) is 0 Å². The molecule has 0 bridgehead atoms. The summed E-state index contributed by atoms with van der Waals surface area (Å²) in [6.45, 7) is 2.02. The van der Waals surface area contributed by atoms with Gasteiger partial charge >= 0.3 is 0 Å². The van der Waals surface area contributed by atoms with E-state index in [1.165, 1.54) is 12.8 Å². The van der Waals surface area contributed by atoms with Gasteiger partial charge in [-0.2, -0.15) is 0 Å². The second-order valence-corrected chi connectivity index (χ2v) is 5.85. The van der Waals surface area contributed by atoms with Gasteiger partial charge in [0.2, 0.25) is 0 Å². The molecule has 1 aromatic rings.